The highest BCUT2D eigenvalue weighted by molar-refractivity contribution is 7.89. The second-order valence-corrected chi connectivity index (χ2v) is 7.49. The Morgan fingerprint density at radius 1 is 1.35 bits per heavy atom. The zero-order valence-corrected chi connectivity index (χ0v) is 12.7. The lowest BCUT2D eigenvalue weighted by Gasteiger charge is -2.08. The van der Waals surface area contributed by atoms with Gasteiger partial charge in [0.1, 0.15) is 5.75 Å². The fourth-order valence-corrected chi connectivity index (χ4v) is 4.14. The van der Waals surface area contributed by atoms with Crippen LogP contribution in [0.3, 0.4) is 0 Å². The van der Waals surface area contributed by atoms with Gasteiger partial charge in [-0.15, -0.1) is 11.3 Å². The Balaban J connectivity index is 1.80. The van der Waals surface area contributed by atoms with Crippen molar-refractivity contribution >= 4 is 21.4 Å². The molecule has 0 saturated heterocycles. The molecule has 2 heterocycles. The van der Waals surface area contributed by atoms with Crippen molar-refractivity contribution in [3.05, 3.63) is 45.6 Å². The van der Waals surface area contributed by atoms with Gasteiger partial charge in [0.15, 0.2) is 0 Å². The molecule has 0 bridgehead atoms. The summed E-state index contributed by atoms with van der Waals surface area (Å²) in [5.74, 6) is 0.790. The van der Waals surface area contributed by atoms with E-state index < -0.39 is 10.0 Å². The van der Waals surface area contributed by atoms with Gasteiger partial charge in [0.05, 0.1) is 11.5 Å². The monoisotopic (exact) mass is 309 g/mol. The summed E-state index contributed by atoms with van der Waals surface area (Å²) in [6, 6.07) is 7.01. The van der Waals surface area contributed by atoms with Crippen LogP contribution in [0.4, 0.5) is 0 Å². The number of rotatable bonds is 4. The normalized spacial score (nSPS) is 14.1. The Morgan fingerprint density at radius 3 is 2.95 bits per heavy atom. The summed E-state index contributed by atoms with van der Waals surface area (Å²) in [7, 11) is -3.47. The molecule has 2 aromatic rings. The van der Waals surface area contributed by atoms with Gasteiger partial charge in [0.25, 0.3) is 0 Å². The van der Waals surface area contributed by atoms with Crippen molar-refractivity contribution in [3.8, 4) is 5.75 Å². The summed E-state index contributed by atoms with van der Waals surface area (Å²) in [5, 5.41) is 1.96. The van der Waals surface area contributed by atoms with Gasteiger partial charge in [-0.05, 0) is 47.7 Å². The van der Waals surface area contributed by atoms with E-state index in [9.17, 15) is 8.42 Å². The van der Waals surface area contributed by atoms with Crippen LogP contribution >= 0.6 is 11.3 Å². The van der Waals surface area contributed by atoms with Crippen LogP contribution in [0.25, 0.3) is 0 Å². The lowest BCUT2D eigenvalue weighted by Crippen LogP contribution is -2.23. The van der Waals surface area contributed by atoms with Crippen LogP contribution in [0.15, 0.2) is 34.5 Å². The van der Waals surface area contributed by atoms with E-state index in [0.29, 0.717) is 18.0 Å². The van der Waals surface area contributed by atoms with E-state index >= 15 is 0 Å². The number of nitrogens with one attached hydrogen (secondary N) is 1. The molecule has 1 aliphatic heterocycles. The van der Waals surface area contributed by atoms with Crippen molar-refractivity contribution in [1.29, 1.82) is 0 Å². The third-order valence-electron chi connectivity index (χ3n) is 3.36. The molecule has 0 fully saturated rings. The van der Waals surface area contributed by atoms with Crippen molar-refractivity contribution in [1.82, 2.24) is 4.72 Å². The molecule has 106 valence electrons. The molecule has 0 saturated carbocycles. The van der Waals surface area contributed by atoms with E-state index in [1.165, 1.54) is 0 Å². The minimum Gasteiger partial charge on any atom is -0.493 e. The number of thiophene rings is 1. The predicted molar refractivity (Wildman–Crippen MR) is 78.7 cm³/mol. The second kappa shape index (κ2) is 5.20. The van der Waals surface area contributed by atoms with E-state index in [-0.39, 0.29) is 0 Å². The largest absolute Gasteiger partial charge is 0.493 e. The molecule has 1 aromatic carbocycles. The number of aryl methyl sites for hydroxylation is 1. The molecule has 0 amide bonds. The van der Waals surface area contributed by atoms with E-state index in [0.717, 1.165) is 28.2 Å². The summed E-state index contributed by atoms with van der Waals surface area (Å²) < 4.78 is 32.6. The lowest BCUT2D eigenvalue weighted by atomic mass is 10.2. The summed E-state index contributed by atoms with van der Waals surface area (Å²) in [6.45, 7) is 2.94. The zero-order chi connectivity index (χ0) is 14.2. The topological polar surface area (TPSA) is 55.4 Å². The summed E-state index contributed by atoms with van der Waals surface area (Å²) in [6.07, 6.45) is 0.767. The van der Waals surface area contributed by atoms with Crippen LogP contribution in [0.2, 0.25) is 0 Å². The van der Waals surface area contributed by atoms with Gasteiger partial charge in [-0.2, -0.15) is 0 Å². The number of hydrogen-bond acceptors (Lipinski definition) is 4. The first kappa shape index (κ1) is 13.6. The molecule has 1 aliphatic rings. The van der Waals surface area contributed by atoms with Crippen molar-refractivity contribution in [2.75, 3.05) is 6.61 Å². The standard InChI is InChI=1S/C14H15NO3S2/c1-10-5-7-19-14(10)9-15-20(16,17)12-2-3-13-11(8-12)4-6-18-13/h2-3,5,7-8,15H,4,6,9H2,1H3. The van der Waals surface area contributed by atoms with Crippen molar-refractivity contribution < 1.29 is 13.2 Å². The van der Waals surface area contributed by atoms with E-state index in [1.54, 1.807) is 29.5 Å². The molecule has 1 N–H and O–H groups in total. The van der Waals surface area contributed by atoms with Crippen molar-refractivity contribution in [2.45, 2.75) is 24.8 Å². The molecule has 0 spiro atoms. The lowest BCUT2D eigenvalue weighted by molar-refractivity contribution is 0.356. The molecular formula is C14H15NO3S2. The number of ether oxygens (including phenoxy) is 1. The number of hydrogen-bond donors (Lipinski definition) is 1. The first-order chi connectivity index (χ1) is 9.56. The molecule has 0 atom stereocenters. The van der Waals surface area contributed by atoms with Gasteiger partial charge in [0, 0.05) is 17.8 Å². The molecule has 0 unspecified atom stereocenters. The van der Waals surface area contributed by atoms with Gasteiger partial charge in [0.2, 0.25) is 10.0 Å². The summed E-state index contributed by atoms with van der Waals surface area (Å²) in [5.41, 5.74) is 2.07. The SMILES string of the molecule is Cc1ccsc1CNS(=O)(=O)c1ccc2c(c1)CCO2. The number of benzene rings is 1. The first-order valence-electron chi connectivity index (χ1n) is 6.34. The van der Waals surface area contributed by atoms with Crippen LogP contribution < -0.4 is 9.46 Å². The van der Waals surface area contributed by atoms with Crippen LogP contribution in [-0.4, -0.2) is 15.0 Å². The number of sulfonamides is 1. The maximum atomic E-state index is 12.3. The van der Waals surface area contributed by atoms with Crippen molar-refractivity contribution in [2.24, 2.45) is 0 Å². The highest BCUT2D eigenvalue weighted by Gasteiger charge is 2.19. The average molecular weight is 309 g/mol. The molecule has 4 nitrogen and oxygen atoms in total. The van der Waals surface area contributed by atoms with E-state index in [4.69, 9.17) is 4.74 Å². The highest BCUT2D eigenvalue weighted by atomic mass is 32.2. The molecule has 6 heteroatoms. The average Bonchev–Trinajstić information content (AvgIpc) is 3.04. The zero-order valence-electron chi connectivity index (χ0n) is 11.0. The molecule has 20 heavy (non-hydrogen) atoms. The Bertz CT molecular complexity index is 735. The predicted octanol–water partition coefficient (Wildman–Crippen LogP) is 2.47. The third-order valence-corrected chi connectivity index (χ3v) is 5.78. The van der Waals surface area contributed by atoms with Crippen LogP contribution in [0.5, 0.6) is 5.75 Å². The molecule has 0 aliphatic carbocycles. The summed E-state index contributed by atoms with van der Waals surface area (Å²) >= 11 is 1.56. The third kappa shape index (κ3) is 2.59. The smallest absolute Gasteiger partial charge is 0.240 e. The number of fused-ring (bicyclic) bond motifs is 1. The maximum Gasteiger partial charge on any atom is 0.240 e. The van der Waals surface area contributed by atoms with Crippen LogP contribution in [0, 0.1) is 6.92 Å². The van der Waals surface area contributed by atoms with Crippen LogP contribution in [0.1, 0.15) is 16.0 Å². The Labute approximate surface area is 122 Å². The first-order valence-corrected chi connectivity index (χ1v) is 8.71. The molecule has 0 radical (unpaired) electrons. The van der Waals surface area contributed by atoms with Gasteiger partial charge >= 0.3 is 0 Å². The molecular weight excluding hydrogens is 294 g/mol. The van der Waals surface area contributed by atoms with Gasteiger partial charge in [-0.25, -0.2) is 13.1 Å². The van der Waals surface area contributed by atoms with Gasteiger partial charge in [-0.3, -0.25) is 0 Å². The van der Waals surface area contributed by atoms with Gasteiger partial charge in [-0.1, -0.05) is 0 Å². The second-order valence-electron chi connectivity index (χ2n) is 4.72. The Morgan fingerprint density at radius 2 is 2.20 bits per heavy atom. The minimum atomic E-state index is -3.47. The van der Waals surface area contributed by atoms with Gasteiger partial charge < -0.3 is 4.74 Å². The molecule has 3 rings (SSSR count). The van der Waals surface area contributed by atoms with Crippen LogP contribution in [-0.2, 0) is 23.0 Å². The van der Waals surface area contributed by atoms with E-state index in [2.05, 4.69) is 4.72 Å². The fraction of sp³-hybridized carbons (Fsp3) is 0.286. The Hall–Kier alpha value is -1.37. The summed E-state index contributed by atoms with van der Waals surface area (Å²) in [4.78, 5) is 1.34. The maximum absolute atomic E-state index is 12.3. The highest BCUT2D eigenvalue weighted by Crippen LogP contribution is 2.27. The quantitative estimate of drug-likeness (QED) is 0.944. The fourth-order valence-electron chi connectivity index (χ4n) is 2.16. The minimum absolute atomic E-state index is 0.302. The molecule has 1 aromatic heterocycles. The van der Waals surface area contributed by atoms with Crippen molar-refractivity contribution in [3.63, 3.8) is 0 Å². The van der Waals surface area contributed by atoms with E-state index in [1.807, 2.05) is 18.4 Å². The Kier molecular flexibility index (Phi) is 3.54.